The summed E-state index contributed by atoms with van der Waals surface area (Å²) in [4.78, 5) is 15.2. The van der Waals surface area contributed by atoms with E-state index in [1.54, 1.807) is 0 Å². The van der Waals surface area contributed by atoms with Gasteiger partial charge in [-0.2, -0.15) is 13.2 Å². The molecule has 1 aromatic heterocycles. The maximum atomic E-state index is 12.4. The van der Waals surface area contributed by atoms with Gasteiger partial charge in [-0.3, -0.25) is 4.79 Å². The molecule has 1 heterocycles. The number of aromatic nitrogens is 1. The molecule has 3 nitrogen and oxygen atoms in total. The third kappa shape index (κ3) is 2.75. The molecule has 1 aliphatic carbocycles. The maximum Gasteiger partial charge on any atom is 0.416 e. The molecule has 0 bridgehead atoms. The average Bonchev–Trinajstić information content (AvgIpc) is 2.13. The van der Waals surface area contributed by atoms with Crippen LogP contribution in [-0.4, -0.2) is 10.9 Å². The number of hydrogen-bond acceptors (Lipinski definition) is 2. The predicted molar refractivity (Wildman–Crippen MR) is 55.2 cm³/mol. The molecule has 92 valence electrons. The molecule has 0 atom stereocenters. The summed E-state index contributed by atoms with van der Waals surface area (Å²) in [5.74, 6) is -0.369. The molecule has 0 unspecified atom stereocenters. The minimum absolute atomic E-state index is 0.0447. The first-order valence-corrected chi connectivity index (χ1v) is 5.31. The first-order valence-electron chi connectivity index (χ1n) is 5.31. The number of alkyl halides is 3. The lowest BCUT2D eigenvalue weighted by Gasteiger charge is -2.23. The Kier molecular flexibility index (Phi) is 3.04. The summed E-state index contributed by atoms with van der Waals surface area (Å²) in [5, 5.41) is 2.41. The van der Waals surface area contributed by atoms with Crippen molar-refractivity contribution in [2.24, 2.45) is 5.92 Å². The quantitative estimate of drug-likeness (QED) is 0.869. The molecule has 1 amide bonds. The van der Waals surface area contributed by atoms with Gasteiger partial charge in [-0.05, 0) is 25.0 Å². The number of pyridine rings is 1. The Labute approximate surface area is 96.0 Å². The SMILES string of the molecule is O=C(Nc1cc(C(F)(F)F)ccn1)C1CCC1. The second-order valence-corrected chi connectivity index (χ2v) is 4.04. The van der Waals surface area contributed by atoms with Crippen LogP contribution in [0.25, 0.3) is 0 Å². The first-order chi connectivity index (χ1) is 7.97. The van der Waals surface area contributed by atoms with Crippen LogP contribution in [0.15, 0.2) is 18.3 Å². The zero-order chi connectivity index (χ0) is 12.5. The van der Waals surface area contributed by atoms with Gasteiger partial charge in [-0.1, -0.05) is 6.42 Å². The van der Waals surface area contributed by atoms with E-state index < -0.39 is 11.7 Å². The number of nitrogens with zero attached hydrogens (tertiary/aromatic N) is 1. The van der Waals surface area contributed by atoms with Crippen molar-refractivity contribution in [3.63, 3.8) is 0 Å². The van der Waals surface area contributed by atoms with Gasteiger partial charge in [-0.25, -0.2) is 4.98 Å². The van der Waals surface area contributed by atoms with Crippen LogP contribution in [0.2, 0.25) is 0 Å². The average molecular weight is 244 g/mol. The van der Waals surface area contributed by atoms with Gasteiger partial charge in [0.05, 0.1) is 5.56 Å². The molecule has 2 rings (SSSR count). The van der Waals surface area contributed by atoms with E-state index in [4.69, 9.17) is 0 Å². The lowest BCUT2D eigenvalue weighted by Crippen LogP contribution is -2.28. The molecular weight excluding hydrogens is 233 g/mol. The predicted octanol–water partition coefficient (Wildman–Crippen LogP) is 2.84. The lowest BCUT2D eigenvalue weighted by atomic mass is 9.85. The number of carbonyl (C=O) groups is 1. The van der Waals surface area contributed by atoms with Crippen LogP contribution in [0.3, 0.4) is 0 Å². The second kappa shape index (κ2) is 4.35. The van der Waals surface area contributed by atoms with Crippen molar-refractivity contribution >= 4 is 11.7 Å². The third-order valence-corrected chi connectivity index (χ3v) is 2.81. The number of nitrogens with one attached hydrogen (secondary N) is 1. The number of amides is 1. The Hall–Kier alpha value is -1.59. The highest BCUT2D eigenvalue weighted by Gasteiger charge is 2.31. The molecule has 6 heteroatoms. The summed E-state index contributed by atoms with van der Waals surface area (Å²) >= 11 is 0. The highest BCUT2D eigenvalue weighted by molar-refractivity contribution is 5.92. The molecule has 1 aliphatic rings. The van der Waals surface area contributed by atoms with Gasteiger partial charge < -0.3 is 5.32 Å². The van der Waals surface area contributed by atoms with E-state index in [1.165, 1.54) is 0 Å². The van der Waals surface area contributed by atoms with Gasteiger partial charge in [0.1, 0.15) is 5.82 Å². The summed E-state index contributed by atoms with van der Waals surface area (Å²) < 4.78 is 37.2. The summed E-state index contributed by atoms with van der Waals surface area (Å²) in [6.07, 6.45) is -0.790. The molecule has 17 heavy (non-hydrogen) atoms. The van der Waals surface area contributed by atoms with Crippen molar-refractivity contribution in [2.75, 3.05) is 5.32 Å². The lowest BCUT2D eigenvalue weighted by molar-refractivity contribution is -0.137. The maximum absolute atomic E-state index is 12.4. The van der Waals surface area contributed by atoms with E-state index in [-0.39, 0.29) is 17.6 Å². The highest BCUT2D eigenvalue weighted by Crippen LogP contribution is 2.31. The first kappa shape index (κ1) is 11.9. The largest absolute Gasteiger partial charge is 0.416 e. The standard InChI is InChI=1S/C11H11F3N2O/c12-11(13,14)8-4-5-15-9(6-8)16-10(17)7-2-1-3-7/h4-7H,1-3H2,(H,15,16,17). The Morgan fingerprint density at radius 1 is 1.41 bits per heavy atom. The molecule has 0 radical (unpaired) electrons. The zero-order valence-corrected chi connectivity index (χ0v) is 8.92. The molecule has 0 saturated heterocycles. The minimum Gasteiger partial charge on any atom is -0.310 e. The number of carbonyl (C=O) groups excluding carboxylic acids is 1. The Balaban J connectivity index is 2.08. The molecule has 1 fully saturated rings. The van der Waals surface area contributed by atoms with Crippen molar-refractivity contribution in [1.82, 2.24) is 4.98 Å². The molecule has 1 aromatic rings. The molecule has 0 aliphatic heterocycles. The number of rotatable bonds is 2. The van der Waals surface area contributed by atoms with Crippen molar-refractivity contribution in [2.45, 2.75) is 25.4 Å². The fourth-order valence-electron chi connectivity index (χ4n) is 1.57. The van der Waals surface area contributed by atoms with Crippen LogP contribution in [-0.2, 0) is 11.0 Å². The van der Waals surface area contributed by atoms with Crippen molar-refractivity contribution < 1.29 is 18.0 Å². The Morgan fingerprint density at radius 3 is 2.65 bits per heavy atom. The summed E-state index contributed by atoms with van der Waals surface area (Å²) in [5.41, 5.74) is -0.809. The van der Waals surface area contributed by atoms with Crippen LogP contribution in [0.4, 0.5) is 19.0 Å². The summed E-state index contributed by atoms with van der Waals surface area (Å²) in [6.45, 7) is 0. The number of anilines is 1. The smallest absolute Gasteiger partial charge is 0.310 e. The monoisotopic (exact) mass is 244 g/mol. The van der Waals surface area contributed by atoms with E-state index in [0.717, 1.165) is 37.6 Å². The molecule has 1 saturated carbocycles. The normalized spacial score (nSPS) is 16.4. The minimum atomic E-state index is -4.42. The van der Waals surface area contributed by atoms with Gasteiger partial charge >= 0.3 is 6.18 Å². The molecule has 0 spiro atoms. The molecule has 0 aromatic carbocycles. The van der Waals surface area contributed by atoms with E-state index in [9.17, 15) is 18.0 Å². The zero-order valence-electron chi connectivity index (χ0n) is 8.92. The highest BCUT2D eigenvalue weighted by atomic mass is 19.4. The fourth-order valence-corrected chi connectivity index (χ4v) is 1.57. The summed E-state index contributed by atoms with van der Waals surface area (Å²) in [6, 6.07) is 1.72. The number of halogens is 3. The van der Waals surface area contributed by atoms with Crippen LogP contribution >= 0.6 is 0 Å². The van der Waals surface area contributed by atoms with Crippen LogP contribution in [0, 0.1) is 5.92 Å². The van der Waals surface area contributed by atoms with Crippen molar-refractivity contribution in [3.8, 4) is 0 Å². The van der Waals surface area contributed by atoms with Crippen LogP contribution < -0.4 is 5.32 Å². The van der Waals surface area contributed by atoms with E-state index >= 15 is 0 Å². The summed E-state index contributed by atoms with van der Waals surface area (Å²) in [7, 11) is 0. The van der Waals surface area contributed by atoms with Crippen molar-refractivity contribution in [3.05, 3.63) is 23.9 Å². The Bertz CT molecular complexity index is 427. The van der Waals surface area contributed by atoms with Gasteiger partial charge in [0.2, 0.25) is 5.91 Å². The topological polar surface area (TPSA) is 42.0 Å². The van der Waals surface area contributed by atoms with Gasteiger partial charge in [0.15, 0.2) is 0 Å². The third-order valence-electron chi connectivity index (χ3n) is 2.81. The fraction of sp³-hybridized carbons (Fsp3) is 0.455. The van der Waals surface area contributed by atoms with Gasteiger partial charge in [0, 0.05) is 12.1 Å². The number of hydrogen-bond donors (Lipinski definition) is 1. The van der Waals surface area contributed by atoms with E-state index in [2.05, 4.69) is 10.3 Å². The second-order valence-electron chi connectivity index (χ2n) is 4.04. The van der Waals surface area contributed by atoms with Crippen LogP contribution in [0.1, 0.15) is 24.8 Å². The van der Waals surface area contributed by atoms with Crippen molar-refractivity contribution in [1.29, 1.82) is 0 Å². The van der Waals surface area contributed by atoms with Crippen LogP contribution in [0.5, 0.6) is 0 Å². The molecular formula is C11H11F3N2O. The van der Waals surface area contributed by atoms with E-state index in [1.807, 2.05) is 0 Å². The Morgan fingerprint density at radius 2 is 2.12 bits per heavy atom. The molecule has 1 N–H and O–H groups in total. The van der Waals surface area contributed by atoms with E-state index in [0.29, 0.717) is 0 Å². The van der Waals surface area contributed by atoms with Gasteiger partial charge in [0.25, 0.3) is 0 Å². The van der Waals surface area contributed by atoms with Gasteiger partial charge in [-0.15, -0.1) is 0 Å².